The smallest absolute Gasteiger partial charge is 0.254 e. The summed E-state index contributed by atoms with van der Waals surface area (Å²) in [6.45, 7) is 3.85. The largest absolute Gasteiger partial charge is 0.356 e. The molecule has 138 valence electrons. The lowest BCUT2D eigenvalue weighted by molar-refractivity contribution is -0.126. The molecule has 0 bridgehead atoms. The van der Waals surface area contributed by atoms with Crippen LogP contribution >= 0.6 is 15.9 Å². The minimum atomic E-state index is -0.448. The first kappa shape index (κ1) is 19.9. The molecule has 2 amide bonds. The third-order valence-corrected chi connectivity index (χ3v) is 4.98. The molecule has 1 aliphatic rings. The Kier molecular flexibility index (Phi) is 7.88. The number of hydrogen-bond acceptors (Lipinski definition) is 2. The summed E-state index contributed by atoms with van der Waals surface area (Å²) in [5, 5.41) is 2.98. The van der Waals surface area contributed by atoms with Gasteiger partial charge in [0.15, 0.2) is 0 Å². The summed E-state index contributed by atoms with van der Waals surface area (Å²) in [5.41, 5.74) is 0.312. The van der Waals surface area contributed by atoms with Gasteiger partial charge in [0.05, 0.1) is 5.92 Å². The first-order chi connectivity index (χ1) is 12.0. The highest BCUT2D eigenvalue weighted by Crippen LogP contribution is 2.21. The topological polar surface area (TPSA) is 49.4 Å². The number of halogens is 2. The highest BCUT2D eigenvalue weighted by Gasteiger charge is 2.29. The van der Waals surface area contributed by atoms with Gasteiger partial charge in [0.25, 0.3) is 5.91 Å². The van der Waals surface area contributed by atoms with Crippen molar-refractivity contribution in [2.45, 2.75) is 45.4 Å². The van der Waals surface area contributed by atoms with Crippen molar-refractivity contribution in [2.24, 2.45) is 5.92 Å². The predicted octanol–water partition coefficient (Wildman–Crippen LogP) is 4.14. The summed E-state index contributed by atoms with van der Waals surface area (Å²) < 4.78 is 14.1. The van der Waals surface area contributed by atoms with Gasteiger partial charge in [0.2, 0.25) is 5.91 Å². The van der Waals surface area contributed by atoms with Crippen LogP contribution in [-0.4, -0.2) is 36.3 Å². The molecule has 1 fully saturated rings. The standard InChI is InChI=1S/C19H26BrFN2O2/c1-2-3-4-5-8-22-18(24)14-7-6-9-23(13-14)19(25)15-10-16(20)12-17(21)11-15/h10-12,14H,2-9,13H2,1H3,(H,22,24). The zero-order valence-electron chi connectivity index (χ0n) is 14.7. The second kappa shape index (κ2) is 9.90. The van der Waals surface area contributed by atoms with Gasteiger partial charge in [-0.25, -0.2) is 4.39 Å². The fourth-order valence-electron chi connectivity index (χ4n) is 3.14. The van der Waals surface area contributed by atoms with Crippen molar-refractivity contribution in [1.82, 2.24) is 10.2 Å². The van der Waals surface area contributed by atoms with Crippen LogP contribution in [0, 0.1) is 11.7 Å². The molecule has 1 heterocycles. The molecule has 1 N–H and O–H groups in total. The normalized spacial score (nSPS) is 17.4. The number of amides is 2. The molecule has 1 unspecified atom stereocenters. The molecule has 1 aromatic carbocycles. The minimum absolute atomic E-state index is 0.0226. The zero-order chi connectivity index (χ0) is 18.2. The van der Waals surface area contributed by atoms with Crippen molar-refractivity contribution in [3.8, 4) is 0 Å². The summed E-state index contributed by atoms with van der Waals surface area (Å²) in [6.07, 6.45) is 6.05. The summed E-state index contributed by atoms with van der Waals surface area (Å²) in [6, 6.07) is 4.18. The van der Waals surface area contributed by atoms with Gasteiger partial charge in [0, 0.05) is 29.7 Å². The van der Waals surface area contributed by atoms with Crippen molar-refractivity contribution >= 4 is 27.7 Å². The van der Waals surface area contributed by atoms with Crippen molar-refractivity contribution in [2.75, 3.05) is 19.6 Å². The van der Waals surface area contributed by atoms with Crippen LogP contribution < -0.4 is 5.32 Å². The first-order valence-electron chi connectivity index (χ1n) is 9.04. The Hall–Kier alpha value is -1.43. The van der Waals surface area contributed by atoms with Crippen LogP contribution in [0.3, 0.4) is 0 Å². The van der Waals surface area contributed by atoms with Gasteiger partial charge in [0.1, 0.15) is 5.82 Å². The van der Waals surface area contributed by atoms with E-state index in [0.29, 0.717) is 29.7 Å². The molecule has 0 aromatic heterocycles. The SMILES string of the molecule is CCCCCCNC(=O)C1CCCN(C(=O)c2cc(F)cc(Br)c2)C1. The summed E-state index contributed by atoms with van der Waals surface area (Å²) in [4.78, 5) is 26.6. The molecule has 0 radical (unpaired) electrons. The van der Waals surface area contributed by atoms with E-state index in [1.807, 2.05) is 0 Å². The third-order valence-electron chi connectivity index (χ3n) is 4.52. The van der Waals surface area contributed by atoms with Crippen molar-refractivity contribution in [3.63, 3.8) is 0 Å². The maximum Gasteiger partial charge on any atom is 0.254 e. The monoisotopic (exact) mass is 412 g/mol. The lowest BCUT2D eigenvalue weighted by Gasteiger charge is -2.32. The lowest BCUT2D eigenvalue weighted by Crippen LogP contribution is -2.45. The van der Waals surface area contributed by atoms with E-state index in [1.54, 1.807) is 11.0 Å². The number of likely N-dealkylation sites (tertiary alicyclic amines) is 1. The van der Waals surface area contributed by atoms with Gasteiger partial charge in [-0.15, -0.1) is 0 Å². The zero-order valence-corrected chi connectivity index (χ0v) is 16.3. The van der Waals surface area contributed by atoms with Crippen LogP contribution in [0.5, 0.6) is 0 Å². The summed E-state index contributed by atoms with van der Waals surface area (Å²) >= 11 is 3.21. The molecular weight excluding hydrogens is 387 g/mol. The number of nitrogens with one attached hydrogen (secondary N) is 1. The molecule has 25 heavy (non-hydrogen) atoms. The minimum Gasteiger partial charge on any atom is -0.356 e. The molecular formula is C19H26BrFN2O2. The van der Waals surface area contributed by atoms with Gasteiger partial charge in [-0.05, 0) is 37.5 Å². The molecule has 4 nitrogen and oxygen atoms in total. The lowest BCUT2D eigenvalue weighted by atomic mass is 9.96. The molecule has 0 spiro atoms. The Balaban J connectivity index is 1.89. The van der Waals surface area contributed by atoms with E-state index >= 15 is 0 Å². The Labute approximate surface area is 157 Å². The van der Waals surface area contributed by atoms with Crippen molar-refractivity contribution < 1.29 is 14.0 Å². The van der Waals surface area contributed by atoms with Crippen molar-refractivity contribution in [3.05, 3.63) is 34.1 Å². The summed E-state index contributed by atoms with van der Waals surface area (Å²) in [5.74, 6) is -0.827. The molecule has 1 saturated heterocycles. The van der Waals surface area contributed by atoms with E-state index in [0.717, 1.165) is 25.7 Å². The van der Waals surface area contributed by atoms with E-state index in [2.05, 4.69) is 28.2 Å². The predicted molar refractivity (Wildman–Crippen MR) is 99.9 cm³/mol. The molecule has 2 rings (SSSR count). The third kappa shape index (κ3) is 6.10. The second-order valence-electron chi connectivity index (χ2n) is 6.60. The Morgan fingerprint density at radius 3 is 2.80 bits per heavy atom. The maximum atomic E-state index is 13.5. The Morgan fingerprint density at radius 1 is 1.28 bits per heavy atom. The van der Waals surface area contributed by atoms with Gasteiger partial charge < -0.3 is 10.2 Å². The van der Waals surface area contributed by atoms with E-state index in [4.69, 9.17) is 0 Å². The van der Waals surface area contributed by atoms with Gasteiger partial charge in [-0.3, -0.25) is 9.59 Å². The van der Waals surface area contributed by atoms with Crippen LogP contribution in [0.15, 0.2) is 22.7 Å². The molecule has 6 heteroatoms. The van der Waals surface area contributed by atoms with Crippen LogP contribution in [0.1, 0.15) is 55.8 Å². The van der Waals surface area contributed by atoms with E-state index in [9.17, 15) is 14.0 Å². The highest BCUT2D eigenvalue weighted by molar-refractivity contribution is 9.10. The van der Waals surface area contributed by atoms with Gasteiger partial charge in [-0.1, -0.05) is 42.1 Å². The average molecular weight is 413 g/mol. The highest BCUT2D eigenvalue weighted by atomic mass is 79.9. The number of piperidine rings is 1. The van der Waals surface area contributed by atoms with Gasteiger partial charge >= 0.3 is 0 Å². The van der Waals surface area contributed by atoms with E-state index in [1.165, 1.54) is 25.0 Å². The number of rotatable bonds is 7. The number of unbranched alkanes of at least 4 members (excludes halogenated alkanes) is 3. The van der Waals surface area contributed by atoms with Crippen LogP contribution in [0.4, 0.5) is 4.39 Å². The molecule has 0 aliphatic carbocycles. The average Bonchev–Trinajstić information content (AvgIpc) is 2.60. The number of benzene rings is 1. The number of hydrogen-bond donors (Lipinski definition) is 1. The molecule has 0 saturated carbocycles. The van der Waals surface area contributed by atoms with Gasteiger partial charge in [-0.2, -0.15) is 0 Å². The molecule has 1 atom stereocenters. The fourth-order valence-corrected chi connectivity index (χ4v) is 3.61. The van der Waals surface area contributed by atoms with E-state index < -0.39 is 5.82 Å². The summed E-state index contributed by atoms with van der Waals surface area (Å²) in [7, 11) is 0. The Morgan fingerprint density at radius 2 is 2.08 bits per heavy atom. The fraction of sp³-hybridized carbons (Fsp3) is 0.579. The molecule has 1 aliphatic heterocycles. The Bertz CT molecular complexity index is 589. The second-order valence-corrected chi connectivity index (χ2v) is 7.52. The van der Waals surface area contributed by atoms with Crippen LogP contribution in [-0.2, 0) is 4.79 Å². The van der Waals surface area contributed by atoms with Crippen LogP contribution in [0.2, 0.25) is 0 Å². The van der Waals surface area contributed by atoms with E-state index in [-0.39, 0.29) is 17.7 Å². The number of carbonyl (C=O) groups is 2. The van der Waals surface area contributed by atoms with Crippen molar-refractivity contribution in [1.29, 1.82) is 0 Å². The number of carbonyl (C=O) groups excluding carboxylic acids is 2. The maximum absolute atomic E-state index is 13.5. The molecule has 1 aromatic rings. The number of nitrogens with zero attached hydrogens (tertiary/aromatic N) is 1. The quantitative estimate of drug-likeness (QED) is 0.684. The van der Waals surface area contributed by atoms with Crippen LogP contribution in [0.25, 0.3) is 0 Å². The first-order valence-corrected chi connectivity index (χ1v) is 9.83.